The Bertz CT molecular complexity index is 736. The predicted octanol–water partition coefficient (Wildman–Crippen LogP) is 3.89. The van der Waals surface area contributed by atoms with Gasteiger partial charge in [0.05, 0.1) is 13.7 Å². The van der Waals surface area contributed by atoms with Gasteiger partial charge in [-0.15, -0.1) is 0 Å². The van der Waals surface area contributed by atoms with Crippen molar-refractivity contribution in [2.75, 3.05) is 46.5 Å². The molecule has 1 aromatic carbocycles. The molecular formula is C24H37N3O2. The van der Waals surface area contributed by atoms with Crippen LogP contribution in [0.1, 0.15) is 56.6 Å². The van der Waals surface area contributed by atoms with Crippen LogP contribution in [-0.4, -0.2) is 57.4 Å². The molecule has 4 rings (SSSR count). The minimum absolute atomic E-state index is 0.0236. The molecule has 160 valence electrons. The van der Waals surface area contributed by atoms with Gasteiger partial charge in [0.1, 0.15) is 5.75 Å². The van der Waals surface area contributed by atoms with Crippen LogP contribution < -0.4 is 10.1 Å². The van der Waals surface area contributed by atoms with Crippen molar-refractivity contribution >= 4 is 5.96 Å². The minimum atomic E-state index is -0.0236. The molecule has 0 bridgehead atoms. The molecule has 2 heterocycles. The summed E-state index contributed by atoms with van der Waals surface area (Å²) in [6.45, 7) is 9.89. The van der Waals surface area contributed by atoms with Crippen LogP contribution >= 0.6 is 0 Å². The van der Waals surface area contributed by atoms with Crippen LogP contribution in [0.5, 0.6) is 5.75 Å². The summed E-state index contributed by atoms with van der Waals surface area (Å²) in [5.41, 5.74) is 3.12. The molecule has 29 heavy (non-hydrogen) atoms. The van der Waals surface area contributed by atoms with E-state index in [1.807, 2.05) is 0 Å². The summed E-state index contributed by atoms with van der Waals surface area (Å²) in [6, 6.07) is 6.54. The van der Waals surface area contributed by atoms with Crippen LogP contribution in [0, 0.1) is 12.3 Å². The lowest BCUT2D eigenvalue weighted by Crippen LogP contribution is -2.44. The van der Waals surface area contributed by atoms with Gasteiger partial charge >= 0.3 is 0 Å². The standard InChI is InChI=1S/C24H37N3O2/c1-4-25-22(27-13-10-23(18-27)8-5-9-23)26-17-24(11-14-29-15-12-24)20-16-19(2)6-7-21(20)28-3/h6-7,16H,4-5,8-15,17-18H2,1-3H3,(H,25,26). The molecule has 1 N–H and O–H groups in total. The molecule has 0 amide bonds. The van der Waals surface area contributed by atoms with Crippen molar-refractivity contribution in [3.63, 3.8) is 0 Å². The maximum atomic E-state index is 5.77. The van der Waals surface area contributed by atoms with Crippen molar-refractivity contribution < 1.29 is 9.47 Å². The number of ether oxygens (including phenoxy) is 2. The summed E-state index contributed by atoms with van der Waals surface area (Å²) < 4.78 is 11.5. The van der Waals surface area contributed by atoms with E-state index in [0.717, 1.165) is 57.4 Å². The molecule has 0 unspecified atom stereocenters. The first-order valence-corrected chi connectivity index (χ1v) is 11.4. The summed E-state index contributed by atoms with van der Waals surface area (Å²) in [6.07, 6.45) is 7.48. The number of nitrogens with zero attached hydrogens (tertiary/aromatic N) is 2. The first-order valence-electron chi connectivity index (χ1n) is 11.4. The largest absolute Gasteiger partial charge is 0.496 e. The summed E-state index contributed by atoms with van der Waals surface area (Å²) >= 11 is 0. The van der Waals surface area contributed by atoms with Crippen molar-refractivity contribution in [3.8, 4) is 5.75 Å². The van der Waals surface area contributed by atoms with E-state index in [4.69, 9.17) is 14.5 Å². The van der Waals surface area contributed by atoms with Crippen LogP contribution in [0.2, 0.25) is 0 Å². The number of aryl methyl sites for hydroxylation is 1. The molecule has 2 aliphatic heterocycles. The Labute approximate surface area is 175 Å². The normalized spacial score (nSPS) is 23.1. The average Bonchev–Trinajstić information content (AvgIpc) is 3.18. The first kappa shape index (κ1) is 20.5. The van der Waals surface area contributed by atoms with Gasteiger partial charge in [0, 0.05) is 43.8 Å². The molecule has 0 atom stereocenters. The van der Waals surface area contributed by atoms with Gasteiger partial charge in [-0.1, -0.05) is 24.1 Å². The molecule has 1 aromatic rings. The van der Waals surface area contributed by atoms with E-state index in [2.05, 4.69) is 42.3 Å². The van der Waals surface area contributed by atoms with Crippen LogP contribution in [0.3, 0.4) is 0 Å². The highest BCUT2D eigenvalue weighted by atomic mass is 16.5. The van der Waals surface area contributed by atoms with Gasteiger partial charge in [-0.3, -0.25) is 4.99 Å². The van der Waals surface area contributed by atoms with Crippen LogP contribution in [0.15, 0.2) is 23.2 Å². The quantitative estimate of drug-likeness (QED) is 0.603. The van der Waals surface area contributed by atoms with E-state index in [1.165, 1.54) is 43.4 Å². The van der Waals surface area contributed by atoms with Crippen LogP contribution in [0.4, 0.5) is 0 Å². The fourth-order valence-electron chi connectivity index (χ4n) is 5.36. The molecule has 5 heteroatoms. The van der Waals surface area contributed by atoms with Gasteiger partial charge in [-0.2, -0.15) is 0 Å². The van der Waals surface area contributed by atoms with E-state index in [-0.39, 0.29) is 5.41 Å². The monoisotopic (exact) mass is 399 g/mol. The third kappa shape index (κ3) is 4.11. The second-order valence-electron chi connectivity index (χ2n) is 9.29. The lowest BCUT2D eigenvalue weighted by Gasteiger charge is -2.39. The molecule has 0 radical (unpaired) electrons. The molecule has 1 saturated carbocycles. The highest BCUT2D eigenvalue weighted by molar-refractivity contribution is 5.80. The number of hydrogen-bond donors (Lipinski definition) is 1. The number of nitrogens with one attached hydrogen (secondary N) is 1. The van der Waals surface area contributed by atoms with Crippen molar-refractivity contribution in [1.29, 1.82) is 0 Å². The fraction of sp³-hybridized carbons (Fsp3) is 0.708. The van der Waals surface area contributed by atoms with Crippen LogP contribution in [0.25, 0.3) is 0 Å². The van der Waals surface area contributed by atoms with E-state index in [0.29, 0.717) is 5.41 Å². The minimum Gasteiger partial charge on any atom is -0.496 e. The first-order chi connectivity index (χ1) is 14.1. The number of benzene rings is 1. The van der Waals surface area contributed by atoms with Gasteiger partial charge < -0.3 is 19.7 Å². The molecule has 1 spiro atoms. The van der Waals surface area contributed by atoms with E-state index in [9.17, 15) is 0 Å². The van der Waals surface area contributed by atoms with Crippen molar-refractivity contribution in [2.24, 2.45) is 10.4 Å². The molecule has 0 aromatic heterocycles. The lowest BCUT2D eigenvalue weighted by molar-refractivity contribution is 0.0521. The zero-order valence-corrected chi connectivity index (χ0v) is 18.4. The molecular weight excluding hydrogens is 362 g/mol. The zero-order valence-electron chi connectivity index (χ0n) is 18.4. The number of methoxy groups -OCH3 is 1. The third-order valence-corrected chi connectivity index (χ3v) is 7.39. The summed E-state index contributed by atoms with van der Waals surface area (Å²) in [7, 11) is 1.77. The highest BCUT2D eigenvalue weighted by Gasteiger charge is 2.44. The number of aliphatic imine (C=N–C) groups is 1. The summed E-state index contributed by atoms with van der Waals surface area (Å²) in [5.74, 6) is 2.07. The lowest BCUT2D eigenvalue weighted by atomic mass is 9.68. The van der Waals surface area contributed by atoms with E-state index in [1.54, 1.807) is 7.11 Å². The smallest absolute Gasteiger partial charge is 0.193 e. The van der Waals surface area contributed by atoms with Gasteiger partial charge in [-0.05, 0) is 57.4 Å². The maximum absolute atomic E-state index is 5.77. The Balaban J connectivity index is 1.61. The molecule has 5 nitrogen and oxygen atoms in total. The molecule has 1 aliphatic carbocycles. The van der Waals surface area contributed by atoms with E-state index < -0.39 is 0 Å². The molecule has 3 fully saturated rings. The SMILES string of the molecule is CCNC(=NCC1(c2cc(C)ccc2OC)CCOCC1)N1CCC2(CCC2)C1. The van der Waals surface area contributed by atoms with Crippen molar-refractivity contribution in [1.82, 2.24) is 10.2 Å². The van der Waals surface area contributed by atoms with Crippen molar-refractivity contribution in [3.05, 3.63) is 29.3 Å². The van der Waals surface area contributed by atoms with Crippen molar-refractivity contribution in [2.45, 2.75) is 57.8 Å². The van der Waals surface area contributed by atoms with Gasteiger partial charge in [0.15, 0.2) is 5.96 Å². The number of rotatable bonds is 5. The fourth-order valence-corrected chi connectivity index (χ4v) is 5.36. The zero-order chi connectivity index (χ0) is 20.3. The Kier molecular flexibility index (Phi) is 6.05. The topological polar surface area (TPSA) is 46.1 Å². The van der Waals surface area contributed by atoms with Gasteiger partial charge in [0.2, 0.25) is 0 Å². The second kappa shape index (κ2) is 8.55. The Morgan fingerprint density at radius 3 is 2.62 bits per heavy atom. The predicted molar refractivity (Wildman–Crippen MR) is 118 cm³/mol. The maximum Gasteiger partial charge on any atom is 0.193 e. The number of hydrogen-bond acceptors (Lipinski definition) is 3. The van der Waals surface area contributed by atoms with E-state index >= 15 is 0 Å². The van der Waals surface area contributed by atoms with Crippen LogP contribution in [-0.2, 0) is 10.2 Å². The number of likely N-dealkylation sites (tertiary alicyclic amines) is 1. The third-order valence-electron chi connectivity index (χ3n) is 7.39. The summed E-state index contributed by atoms with van der Waals surface area (Å²) in [4.78, 5) is 7.72. The summed E-state index contributed by atoms with van der Waals surface area (Å²) in [5, 5.41) is 3.57. The van der Waals surface area contributed by atoms with Gasteiger partial charge in [0.25, 0.3) is 0 Å². The second-order valence-corrected chi connectivity index (χ2v) is 9.29. The Morgan fingerprint density at radius 1 is 1.21 bits per heavy atom. The number of guanidine groups is 1. The molecule has 2 saturated heterocycles. The Morgan fingerprint density at radius 2 is 2.00 bits per heavy atom. The average molecular weight is 400 g/mol. The molecule has 3 aliphatic rings. The van der Waals surface area contributed by atoms with Gasteiger partial charge in [-0.25, -0.2) is 0 Å². The highest BCUT2D eigenvalue weighted by Crippen LogP contribution is 2.48. The Hall–Kier alpha value is -1.75.